The number of halogens is 1. The summed E-state index contributed by atoms with van der Waals surface area (Å²) in [6.45, 7) is 4.47. The summed E-state index contributed by atoms with van der Waals surface area (Å²) < 4.78 is 16.9. The van der Waals surface area contributed by atoms with E-state index < -0.39 is 52.4 Å². The standard InChI is InChI=1S/C22H29FO5/c1-12-8-16-15-5-4-13-9-14(25)6-7-19(13,2)21(15,23)17(26)10-20(16,3)22(12,28)18(27)11-24/h4,6-7,12,15-17,24,26,28H,5,8-11H2,1-3H3/t12-,15?,16?,17-,19-,20-,21-,22-/m0/s1. The Morgan fingerprint density at radius 2 is 2.00 bits per heavy atom. The van der Waals surface area contributed by atoms with Crippen LogP contribution >= 0.6 is 0 Å². The second kappa shape index (κ2) is 5.83. The van der Waals surface area contributed by atoms with Crippen molar-refractivity contribution < 1.29 is 29.3 Å². The molecule has 0 radical (unpaired) electrons. The molecule has 4 aliphatic rings. The molecule has 28 heavy (non-hydrogen) atoms. The van der Waals surface area contributed by atoms with Crippen LogP contribution in [0, 0.1) is 28.6 Å². The number of ketones is 2. The quantitative estimate of drug-likeness (QED) is 0.624. The maximum absolute atomic E-state index is 16.9. The van der Waals surface area contributed by atoms with Crippen molar-refractivity contribution in [1.82, 2.24) is 0 Å². The van der Waals surface area contributed by atoms with Gasteiger partial charge in [-0.25, -0.2) is 4.39 Å². The summed E-state index contributed by atoms with van der Waals surface area (Å²) in [6.07, 6.45) is 4.41. The Morgan fingerprint density at radius 3 is 2.64 bits per heavy atom. The maximum Gasteiger partial charge on any atom is 0.190 e. The third-order valence-corrected chi connectivity index (χ3v) is 8.75. The number of aliphatic hydroxyl groups excluding tert-OH is 2. The van der Waals surface area contributed by atoms with Crippen LogP contribution in [0.15, 0.2) is 23.8 Å². The van der Waals surface area contributed by atoms with Crippen LogP contribution in [0.2, 0.25) is 0 Å². The highest BCUT2D eigenvalue weighted by molar-refractivity contribution is 5.93. The van der Waals surface area contributed by atoms with E-state index in [0.717, 1.165) is 0 Å². The number of carbonyl (C=O) groups excluding carboxylic acids is 2. The largest absolute Gasteiger partial charge is 0.390 e. The molecule has 154 valence electrons. The van der Waals surface area contributed by atoms with Crippen molar-refractivity contribution in [2.45, 2.75) is 63.8 Å². The third kappa shape index (κ3) is 2.01. The molecule has 0 spiro atoms. The van der Waals surface area contributed by atoms with Crippen molar-refractivity contribution >= 4 is 11.6 Å². The molecule has 2 fully saturated rings. The van der Waals surface area contributed by atoms with Gasteiger partial charge in [-0.2, -0.15) is 0 Å². The highest BCUT2D eigenvalue weighted by atomic mass is 19.1. The molecule has 5 nitrogen and oxygen atoms in total. The summed E-state index contributed by atoms with van der Waals surface area (Å²) in [5, 5.41) is 32.0. The van der Waals surface area contributed by atoms with Crippen LogP contribution in [-0.4, -0.2) is 50.9 Å². The van der Waals surface area contributed by atoms with Gasteiger partial charge in [-0.15, -0.1) is 0 Å². The lowest BCUT2D eigenvalue weighted by atomic mass is 9.45. The van der Waals surface area contributed by atoms with E-state index in [0.29, 0.717) is 18.4 Å². The topological polar surface area (TPSA) is 94.8 Å². The van der Waals surface area contributed by atoms with Crippen molar-refractivity contribution in [2.24, 2.45) is 28.6 Å². The lowest BCUT2D eigenvalue weighted by Crippen LogP contribution is -2.69. The fourth-order valence-corrected chi connectivity index (χ4v) is 7.17. The molecule has 2 saturated carbocycles. The molecular weight excluding hydrogens is 363 g/mol. The summed E-state index contributed by atoms with van der Waals surface area (Å²) in [6, 6.07) is 0. The molecule has 0 aromatic rings. The number of carbonyl (C=O) groups is 2. The molecular formula is C22H29FO5. The number of alkyl halides is 1. The number of hydrogen-bond donors (Lipinski definition) is 3. The summed E-state index contributed by atoms with van der Waals surface area (Å²) in [5.74, 6) is -2.09. The molecule has 8 atom stereocenters. The monoisotopic (exact) mass is 392 g/mol. The minimum absolute atomic E-state index is 0.0676. The summed E-state index contributed by atoms with van der Waals surface area (Å²) in [7, 11) is 0. The second-order valence-corrected chi connectivity index (χ2v) is 9.75. The Balaban J connectivity index is 1.85. The average Bonchev–Trinajstić information content (AvgIpc) is 2.84. The zero-order valence-electron chi connectivity index (χ0n) is 16.6. The number of rotatable bonds is 2. The van der Waals surface area contributed by atoms with Crippen LogP contribution in [0.3, 0.4) is 0 Å². The van der Waals surface area contributed by atoms with E-state index in [2.05, 4.69) is 0 Å². The van der Waals surface area contributed by atoms with Gasteiger partial charge in [0.05, 0.1) is 6.10 Å². The minimum Gasteiger partial charge on any atom is -0.390 e. The maximum atomic E-state index is 16.9. The van der Waals surface area contributed by atoms with E-state index in [9.17, 15) is 24.9 Å². The molecule has 0 saturated heterocycles. The molecule has 0 heterocycles. The SMILES string of the molecule is C[C@H]1CC2C3CC=C4CC(=O)C=C[C@]4(C)[C@@]3(F)[C@@H](O)C[C@]2(C)[C@@]1(O)C(=O)CO. The van der Waals surface area contributed by atoms with Crippen molar-refractivity contribution in [3.63, 3.8) is 0 Å². The fraction of sp³-hybridized carbons (Fsp3) is 0.727. The molecule has 3 N–H and O–H groups in total. The molecule has 0 aliphatic heterocycles. The first kappa shape index (κ1) is 19.9. The zero-order chi connectivity index (χ0) is 20.7. The molecule has 6 heteroatoms. The second-order valence-electron chi connectivity index (χ2n) is 9.75. The summed E-state index contributed by atoms with van der Waals surface area (Å²) in [4.78, 5) is 24.4. The predicted molar refractivity (Wildman–Crippen MR) is 99.9 cm³/mol. The van der Waals surface area contributed by atoms with Gasteiger partial charge in [0.25, 0.3) is 0 Å². The van der Waals surface area contributed by atoms with E-state index >= 15 is 4.39 Å². The Morgan fingerprint density at radius 1 is 1.32 bits per heavy atom. The van der Waals surface area contributed by atoms with E-state index in [1.807, 2.05) is 6.08 Å². The number of aliphatic hydroxyl groups is 3. The first-order chi connectivity index (χ1) is 13.0. The van der Waals surface area contributed by atoms with Crippen LogP contribution in [0.4, 0.5) is 4.39 Å². The number of hydrogen-bond acceptors (Lipinski definition) is 5. The lowest BCUT2D eigenvalue weighted by Gasteiger charge is -2.62. The van der Waals surface area contributed by atoms with Gasteiger partial charge in [0.2, 0.25) is 0 Å². The smallest absolute Gasteiger partial charge is 0.190 e. The average molecular weight is 392 g/mol. The van der Waals surface area contributed by atoms with Crippen LogP contribution in [0.5, 0.6) is 0 Å². The minimum atomic E-state index is -1.98. The molecule has 4 rings (SSSR count). The summed E-state index contributed by atoms with van der Waals surface area (Å²) >= 11 is 0. The van der Waals surface area contributed by atoms with Crippen LogP contribution < -0.4 is 0 Å². The summed E-state index contributed by atoms with van der Waals surface area (Å²) in [5.41, 5.74) is -5.18. The molecule has 0 amide bonds. The molecule has 0 aromatic heterocycles. The zero-order valence-corrected chi connectivity index (χ0v) is 16.6. The first-order valence-electron chi connectivity index (χ1n) is 10.1. The highest BCUT2D eigenvalue weighted by Gasteiger charge is 2.75. The van der Waals surface area contributed by atoms with Gasteiger partial charge in [-0.3, -0.25) is 9.59 Å². The highest BCUT2D eigenvalue weighted by Crippen LogP contribution is 2.70. The van der Waals surface area contributed by atoms with Gasteiger partial charge in [-0.05, 0) is 44.1 Å². The Hall–Kier alpha value is -1.37. The van der Waals surface area contributed by atoms with E-state index in [1.165, 1.54) is 6.08 Å². The van der Waals surface area contributed by atoms with Gasteiger partial charge in [-0.1, -0.05) is 31.6 Å². The fourth-order valence-electron chi connectivity index (χ4n) is 7.17. The van der Waals surface area contributed by atoms with E-state index in [-0.39, 0.29) is 24.5 Å². The van der Waals surface area contributed by atoms with Crippen LogP contribution in [-0.2, 0) is 9.59 Å². The Labute approximate surface area is 164 Å². The Bertz CT molecular complexity index is 805. The molecule has 0 aromatic carbocycles. The van der Waals surface area contributed by atoms with E-state index in [4.69, 9.17) is 0 Å². The van der Waals surface area contributed by atoms with Gasteiger partial charge in [0.15, 0.2) is 17.2 Å². The van der Waals surface area contributed by atoms with Crippen LogP contribution in [0.25, 0.3) is 0 Å². The van der Waals surface area contributed by atoms with Gasteiger partial charge in [0, 0.05) is 23.2 Å². The van der Waals surface area contributed by atoms with Crippen molar-refractivity contribution in [3.05, 3.63) is 23.8 Å². The number of allylic oxidation sites excluding steroid dienone is 4. The Kier molecular flexibility index (Phi) is 4.15. The number of fused-ring (bicyclic) bond motifs is 5. The van der Waals surface area contributed by atoms with Gasteiger partial charge >= 0.3 is 0 Å². The molecule has 4 aliphatic carbocycles. The molecule has 0 bridgehead atoms. The van der Waals surface area contributed by atoms with Gasteiger partial charge < -0.3 is 15.3 Å². The van der Waals surface area contributed by atoms with Crippen molar-refractivity contribution in [1.29, 1.82) is 0 Å². The van der Waals surface area contributed by atoms with Crippen molar-refractivity contribution in [2.75, 3.05) is 6.61 Å². The molecule has 2 unspecified atom stereocenters. The first-order valence-corrected chi connectivity index (χ1v) is 10.1. The predicted octanol–water partition coefficient (Wildman–Crippen LogP) is 1.90. The number of Topliss-reactive ketones (excluding diaryl/α,β-unsaturated/α-hetero) is 1. The van der Waals surface area contributed by atoms with Gasteiger partial charge in [0.1, 0.15) is 12.2 Å². The van der Waals surface area contributed by atoms with Crippen molar-refractivity contribution in [3.8, 4) is 0 Å². The normalized spacial score (nSPS) is 52.5. The third-order valence-electron chi connectivity index (χ3n) is 8.75. The van der Waals surface area contributed by atoms with Crippen LogP contribution in [0.1, 0.15) is 46.5 Å². The van der Waals surface area contributed by atoms with E-state index in [1.54, 1.807) is 26.8 Å². The lowest BCUT2D eigenvalue weighted by molar-refractivity contribution is -0.215.